The van der Waals surface area contributed by atoms with Crippen molar-refractivity contribution in [3.63, 3.8) is 0 Å². The first-order valence-electron chi connectivity index (χ1n) is 6.94. The van der Waals surface area contributed by atoms with Gasteiger partial charge in [-0.3, -0.25) is 9.59 Å². The van der Waals surface area contributed by atoms with E-state index in [0.717, 1.165) is 24.2 Å². The molecule has 0 unspecified atom stereocenters. The Hall–Kier alpha value is -2.14. The predicted octanol–water partition coefficient (Wildman–Crippen LogP) is 2.80. The van der Waals surface area contributed by atoms with Crippen molar-refractivity contribution in [2.45, 2.75) is 19.4 Å². The number of anilines is 1. The number of thiophene rings is 1. The second-order valence-electron chi connectivity index (χ2n) is 5.01. The highest BCUT2D eigenvalue weighted by molar-refractivity contribution is 7.08. The Morgan fingerprint density at radius 2 is 2.24 bits per heavy atom. The van der Waals surface area contributed by atoms with Crippen LogP contribution in [0.5, 0.6) is 0 Å². The van der Waals surface area contributed by atoms with Gasteiger partial charge in [-0.05, 0) is 35.6 Å². The highest BCUT2D eigenvalue weighted by Crippen LogP contribution is 2.22. The van der Waals surface area contributed by atoms with Gasteiger partial charge < -0.3 is 10.2 Å². The van der Waals surface area contributed by atoms with E-state index in [2.05, 4.69) is 5.32 Å². The molecule has 0 aliphatic carbocycles. The molecular formula is C16H16N2O2S. The van der Waals surface area contributed by atoms with Gasteiger partial charge in [-0.1, -0.05) is 12.1 Å². The van der Waals surface area contributed by atoms with E-state index in [0.29, 0.717) is 18.5 Å². The van der Waals surface area contributed by atoms with Crippen LogP contribution in [0.1, 0.15) is 28.8 Å². The Labute approximate surface area is 127 Å². The molecule has 2 aromatic rings. The van der Waals surface area contributed by atoms with E-state index < -0.39 is 0 Å². The molecule has 1 saturated heterocycles. The molecule has 1 fully saturated rings. The molecule has 2 amide bonds. The van der Waals surface area contributed by atoms with E-state index in [-0.39, 0.29) is 11.8 Å². The van der Waals surface area contributed by atoms with Gasteiger partial charge in [0.05, 0.1) is 0 Å². The molecule has 0 atom stereocenters. The minimum atomic E-state index is -0.0705. The maximum atomic E-state index is 11.9. The van der Waals surface area contributed by atoms with Crippen LogP contribution in [-0.4, -0.2) is 18.4 Å². The fourth-order valence-corrected chi connectivity index (χ4v) is 3.07. The lowest BCUT2D eigenvalue weighted by Gasteiger charge is -2.16. The largest absolute Gasteiger partial charge is 0.348 e. The van der Waals surface area contributed by atoms with E-state index in [4.69, 9.17) is 0 Å². The van der Waals surface area contributed by atoms with Crippen molar-refractivity contribution in [1.29, 1.82) is 0 Å². The van der Waals surface area contributed by atoms with Crippen molar-refractivity contribution in [3.05, 3.63) is 52.2 Å². The van der Waals surface area contributed by atoms with E-state index in [1.165, 1.54) is 11.3 Å². The summed E-state index contributed by atoms with van der Waals surface area (Å²) in [7, 11) is 0. The Bertz CT molecular complexity index is 652. The molecule has 1 aliphatic rings. The molecule has 0 bridgehead atoms. The summed E-state index contributed by atoms with van der Waals surface area (Å²) in [5.41, 5.74) is 2.60. The number of hydrogen-bond acceptors (Lipinski definition) is 3. The van der Waals surface area contributed by atoms with Crippen molar-refractivity contribution in [2.75, 3.05) is 11.4 Å². The highest BCUT2D eigenvalue weighted by atomic mass is 32.1. The van der Waals surface area contributed by atoms with Crippen LogP contribution in [0.25, 0.3) is 0 Å². The van der Waals surface area contributed by atoms with Crippen LogP contribution in [0.2, 0.25) is 0 Å². The second-order valence-corrected chi connectivity index (χ2v) is 5.79. The lowest BCUT2D eigenvalue weighted by molar-refractivity contribution is -0.117. The summed E-state index contributed by atoms with van der Waals surface area (Å²) >= 11 is 1.50. The van der Waals surface area contributed by atoms with Crippen LogP contribution in [0, 0.1) is 0 Å². The Morgan fingerprint density at radius 3 is 2.95 bits per heavy atom. The van der Waals surface area contributed by atoms with Crippen LogP contribution in [-0.2, 0) is 11.3 Å². The number of hydrogen-bond donors (Lipinski definition) is 1. The topological polar surface area (TPSA) is 49.4 Å². The average Bonchev–Trinajstić information content (AvgIpc) is 3.16. The molecule has 2 heterocycles. The standard InChI is InChI=1S/C16H16N2O2S/c19-15-5-2-7-18(15)14-4-1-3-12(9-14)10-17-16(20)13-6-8-21-11-13/h1,3-4,6,8-9,11H,2,5,7,10H2,(H,17,20). The number of carbonyl (C=O) groups is 2. The minimum Gasteiger partial charge on any atom is -0.348 e. The van der Waals surface area contributed by atoms with Gasteiger partial charge in [0.2, 0.25) is 5.91 Å². The van der Waals surface area contributed by atoms with Crippen molar-refractivity contribution in [2.24, 2.45) is 0 Å². The SMILES string of the molecule is O=C(NCc1cccc(N2CCCC2=O)c1)c1ccsc1. The smallest absolute Gasteiger partial charge is 0.252 e. The third-order valence-electron chi connectivity index (χ3n) is 3.53. The molecule has 1 aromatic carbocycles. The molecule has 0 spiro atoms. The van der Waals surface area contributed by atoms with E-state index in [9.17, 15) is 9.59 Å². The van der Waals surface area contributed by atoms with Gasteiger partial charge in [-0.25, -0.2) is 0 Å². The average molecular weight is 300 g/mol. The third kappa shape index (κ3) is 3.13. The predicted molar refractivity (Wildman–Crippen MR) is 83.5 cm³/mol. The monoisotopic (exact) mass is 300 g/mol. The van der Waals surface area contributed by atoms with Crippen molar-refractivity contribution < 1.29 is 9.59 Å². The van der Waals surface area contributed by atoms with Crippen LogP contribution < -0.4 is 10.2 Å². The number of benzene rings is 1. The Kier molecular flexibility index (Phi) is 4.01. The first-order valence-corrected chi connectivity index (χ1v) is 7.88. The molecule has 21 heavy (non-hydrogen) atoms. The van der Waals surface area contributed by atoms with Crippen molar-refractivity contribution >= 4 is 28.8 Å². The van der Waals surface area contributed by atoms with Gasteiger partial charge in [-0.15, -0.1) is 0 Å². The second kappa shape index (κ2) is 6.10. The zero-order valence-electron chi connectivity index (χ0n) is 11.5. The molecule has 108 valence electrons. The summed E-state index contributed by atoms with van der Waals surface area (Å²) in [6.07, 6.45) is 1.54. The molecule has 4 nitrogen and oxygen atoms in total. The summed E-state index contributed by atoms with van der Waals surface area (Å²) < 4.78 is 0. The summed E-state index contributed by atoms with van der Waals surface area (Å²) in [4.78, 5) is 25.5. The van der Waals surface area contributed by atoms with Gasteiger partial charge in [0.1, 0.15) is 0 Å². The molecule has 1 N–H and O–H groups in total. The fraction of sp³-hybridized carbons (Fsp3) is 0.250. The molecule has 0 saturated carbocycles. The third-order valence-corrected chi connectivity index (χ3v) is 4.22. The number of rotatable bonds is 4. The van der Waals surface area contributed by atoms with Crippen LogP contribution in [0.4, 0.5) is 5.69 Å². The maximum Gasteiger partial charge on any atom is 0.252 e. The van der Waals surface area contributed by atoms with Crippen molar-refractivity contribution in [3.8, 4) is 0 Å². The van der Waals surface area contributed by atoms with E-state index in [1.807, 2.05) is 39.9 Å². The molecular weight excluding hydrogens is 284 g/mol. The normalized spacial score (nSPS) is 14.5. The van der Waals surface area contributed by atoms with Gasteiger partial charge in [0.25, 0.3) is 5.91 Å². The number of amides is 2. The molecule has 3 rings (SSSR count). The van der Waals surface area contributed by atoms with Crippen LogP contribution >= 0.6 is 11.3 Å². The molecule has 5 heteroatoms. The zero-order valence-corrected chi connectivity index (χ0v) is 12.4. The van der Waals surface area contributed by atoms with E-state index >= 15 is 0 Å². The summed E-state index contributed by atoms with van der Waals surface area (Å²) in [5, 5.41) is 6.61. The minimum absolute atomic E-state index is 0.0705. The molecule has 0 radical (unpaired) electrons. The van der Waals surface area contributed by atoms with Gasteiger partial charge in [-0.2, -0.15) is 11.3 Å². The van der Waals surface area contributed by atoms with Gasteiger partial charge in [0, 0.05) is 36.1 Å². The summed E-state index contributed by atoms with van der Waals surface area (Å²) in [6, 6.07) is 9.59. The number of nitrogens with zero attached hydrogens (tertiary/aromatic N) is 1. The summed E-state index contributed by atoms with van der Waals surface area (Å²) in [6.45, 7) is 1.24. The lowest BCUT2D eigenvalue weighted by Crippen LogP contribution is -2.25. The first kappa shape index (κ1) is 13.8. The number of carbonyl (C=O) groups excluding carboxylic acids is 2. The lowest BCUT2D eigenvalue weighted by atomic mass is 10.2. The quantitative estimate of drug-likeness (QED) is 0.944. The number of nitrogens with one attached hydrogen (secondary N) is 1. The summed E-state index contributed by atoms with van der Waals surface area (Å²) in [5.74, 6) is 0.105. The molecule has 1 aromatic heterocycles. The van der Waals surface area contributed by atoms with Gasteiger partial charge in [0.15, 0.2) is 0 Å². The highest BCUT2D eigenvalue weighted by Gasteiger charge is 2.21. The van der Waals surface area contributed by atoms with Crippen molar-refractivity contribution in [1.82, 2.24) is 5.32 Å². The Balaban J connectivity index is 1.66. The van der Waals surface area contributed by atoms with Crippen LogP contribution in [0.3, 0.4) is 0 Å². The maximum absolute atomic E-state index is 11.9. The Morgan fingerprint density at radius 1 is 1.33 bits per heavy atom. The van der Waals surface area contributed by atoms with E-state index in [1.54, 1.807) is 6.07 Å². The zero-order chi connectivity index (χ0) is 14.7. The first-order chi connectivity index (χ1) is 10.2. The van der Waals surface area contributed by atoms with Crippen LogP contribution in [0.15, 0.2) is 41.1 Å². The fourth-order valence-electron chi connectivity index (χ4n) is 2.43. The van der Waals surface area contributed by atoms with Gasteiger partial charge >= 0.3 is 0 Å². The molecule has 1 aliphatic heterocycles.